The molecule has 4 rings (SSSR count). The second kappa shape index (κ2) is 8.39. The van der Waals surface area contributed by atoms with Gasteiger partial charge in [0.1, 0.15) is 11.6 Å². The quantitative estimate of drug-likeness (QED) is 0.604. The minimum absolute atomic E-state index is 0.0992. The molecule has 1 aliphatic heterocycles. The molecule has 1 aromatic carbocycles. The van der Waals surface area contributed by atoms with Gasteiger partial charge in [-0.3, -0.25) is 10.1 Å². The summed E-state index contributed by atoms with van der Waals surface area (Å²) in [6.07, 6.45) is 7.37. The van der Waals surface area contributed by atoms with Gasteiger partial charge in [-0.15, -0.1) is 0 Å². The van der Waals surface area contributed by atoms with Crippen molar-refractivity contribution in [1.29, 1.82) is 0 Å². The summed E-state index contributed by atoms with van der Waals surface area (Å²) < 4.78 is 6.15. The molecule has 3 N–H and O–H groups in total. The number of nitrogens with one attached hydrogen (secondary N) is 3. The normalized spacial score (nSPS) is 15.0. The average Bonchev–Trinajstić information content (AvgIpc) is 3.17. The van der Waals surface area contributed by atoms with Crippen LogP contribution in [0.2, 0.25) is 0 Å². The molecule has 0 bridgehead atoms. The Labute approximate surface area is 165 Å². The Kier molecular flexibility index (Phi) is 5.53. The van der Waals surface area contributed by atoms with Crippen molar-refractivity contribution in [1.82, 2.24) is 25.5 Å². The molecule has 1 fully saturated rings. The molecule has 0 radical (unpaired) electrons. The standard InChI is InChI=1S/C21H26N6O/c1-14(2)28-19-11-16(15-5-7-22-8-6-15)3-4-17(19)18-12-20(27-26-18)25-21-13-23-9-10-24-21/h3-4,9-15,22H,5-8H2,1-2H3,(H2,24,25,26,27). The number of ether oxygens (including phenoxy) is 1. The first-order valence-electron chi connectivity index (χ1n) is 9.79. The van der Waals surface area contributed by atoms with Crippen molar-refractivity contribution in [2.45, 2.75) is 38.7 Å². The van der Waals surface area contributed by atoms with Crippen molar-refractivity contribution in [2.75, 3.05) is 18.4 Å². The maximum Gasteiger partial charge on any atom is 0.153 e. The smallest absolute Gasteiger partial charge is 0.153 e. The third-order valence-electron chi connectivity index (χ3n) is 4.87. The maximum atomic E-state index is 6.15. The Bertz CT molecular complexity index is 902. The number of benzene rings is 1. The molecule has 1 saturated heterocycles. The van der Waals surface area contributed by atoms with E-state index in [4.69, 9.17) is 4.74 Å². The molecule has 28 heavy (non-hydrogen) atoms. The van der Waals surface area contributed by atoms with Gasteiger partial charge in [0.15, 0.2) is 5.82 Å². The van der Waals surface area contributed by atoms with E-state index in [1.54, 1.807) is 18.6 Å². The van der Waals surface area contributed by atoms with Crippen LogP contribution in [0, 0.1) is 0 Å². The van der Waals surface area contributed by atoms with Gasteiger partial charge in [-0.1, -0.05) is 6.07 Å². The van der Waals surface area contributed by atoms with Crippen LogP contribution in [-0.4, -0.2) is 39.4 Å². The highest BCUT2D eigenvalue weighted by atomic mass is 16.5. The minimum Gasteiger partial charge on any atom is -0.490 e. The molecule has 146 valence electrons. The summed E-state index contributed by atoms with van der Waals surface area (Å²) in [6.45, 7) is 6.25. The number of hydrogen-bond donors (Lipinski definition) is 3. The van der Waals surface area contributed by atoms with Gasteiger partial charge in [-0.2, -0.15) is 5.10 Å². The van der Waals surface area contributed by atoms with E-state index in [0.29, 0.717) is 17.6 Å². The highest BCUT2D eigenvalue weighted by molar-refractivity contribution is 5.71. The first-order valence-corrected chi connectivity index (χ1v) is 9.79. The van der Waals surface area contributed by atoms with Crippen molar-refractivity contribution in [3.63, 3.8) is 0 Å². The van der Waals surface area contributed by atoms with Crippen LogP contribution in [0.5, 0.6) is 5.75 Å². The Hall–Kier alpha value is -2.93. The van der Waals surface area contributed by atoms with Crippen molar-refractivity contribution >= 4 is 11.6 Å². The number of rotatable bonds is 6. The summed E-state index contributed by atoms with van der Waals surface area (Å²) in [4.78, 5) is 8.28. The lowest BCUT2D eigenvalue weighted by Gasteiger charge is -2.24. The molecular weight excluding hydrogens is 352 g/mol. The number of anilines is 2. The predicted molar refractivity (Wildman–Crippen MR) is 110 cm³/mol. The van der Waals surface area contributed by atoms with Gasteiger partial charge in [0, 0.05) is 24.0 Å². The number of aromatic nitrogens is 4. The summed E-state index contributed by atoms with van der Waals surface area (Å²) in [5, 5.41) is 14.0. The Morgan fingerprint density at radius 1 is 1.11 bits per heavy atom. The first kappa shape index (κ1) is 18.4. The lowest BCUT2D eigenvalue weighted by molar-refractivity contribution is 0.243. The number of H-pyrrole nitrogens is 1. The van der Waals surface area contributed by atoms with Crippen molar-refractivity contribution in [3.05, 3.63) is 48.4 Å². The maximum absolute atomic E-state index is 6.15. The van der Waals surface area contributed by atoms with Crippen molar-refractivity contribution in [3.8, 4) is 17.0 Å². The topological polar surface area (TPSA) is 87.8 Å². The molecule has 2 aromatic heterocycles. The Morgan fingerprint density at radius 2 is 1.96 bits per heavy atom. The van der Waals surface area contributed by atoms with E-state index >= 15 is 0 Å². The summed E-state index contributed by atoms with van der Waals surface area (Å²) >= 11 is 0. The summed E-state index contributed by atoms with van der Waals surface area (Å²) in [6, 6.07) is 8.51. The SMILES string of the molecule is CC(C)Oc1cc(C2CCNCC2)ccc1-c1cc(Nc2cnccn2)n[nH]1. The molecule has 7 heteroatoms. The monoisotopic (exact) mass is 378 g/mol. The van der Waals surface area contributed by atoms with E-state index in [9.17, 15) is 0 Å². The summed E-state index contributed by atoms with van der Waals surface area (Å²) in [5.41, 5.74) is 3.25. The predicted octanol–water partition coefficient (Wildman–Crippen LogP) is 3.86. The van der Waals surface area contributed by atoms with Crippen molar-refractivity contribution in [2.24, 2.45) is 0 Å². The second-order valence-corrected chi connectivity index (χ2v) is 7.33. The summed E-state index contributed by atoms with van der Waals surface area (Å²) in [5.74, 6) is 2.81. The highest BCUT2D eigenvalue weighted by Gasteiger charge is 2.19. The zero-order valence-corrected chi connectivity index (χ0v) is 16.3. The van der Waals surface area contributed by atoms with Crippen LogP contribution in [0.4, 0.5) is 11.6 Å². The molecule has 0 spiro atoms. The average molecular weight is 378 g/mol. The fraction of sp³-hybridized carbons (Fsp3) is 0.381. The van der Waals surface area contributed by atoms with E-state index in [0.717, 1.165) is 42.9 Å². The van der Waals surface area contributed by atoms with Crippen molar-refractivity contribution < 1.29 is 4.74 Å². The molecule has 7 nitrogen and oxygen atoms in total. The van der Waals surface area contributed by atoms with Gasteiger partial charge < -0.3 is 15.4 Å². The minimum atomic E-state index is 0.0992. The fourth-order valence-electron chi connectivity index (χ4n) is 3.54. The molecule has 0 aliphatic carbocycles. The molecule has 1 aliphatic rings. The Morgan fingerprint density at radius 3 is 2.71 bits per heavy atom. The second-order valence-electron chi connectivity index (χ2n) is 7.33. The first-order chi connectivity index (χ1) is 13.7. The van der Waals surface area contributed by atoms with E-state index in [1.165, 1.54) is 5.56 Å². The lowest BCUT2D eigenvalue weighted by Crippen LogP contribution is -2.26. The van der Waals surface area contributed by atoms with Crippen LogP contribution in [0.3, 0.4) is 0 Å². The fourth-order valence-corrected chi connectivity index (χ4v) is 3.54. The third kappa shape index (κ3) is 4.31. The molecule has 3 heterocycles. The van der Waals surface area contributed by atoms with E-state index in [2.05, 4.69) is 62.8 Å². The molecule has 3 aromatic rings. The molecule has 0 saturated carbocycles. The van der Waals surface area contributed by atoms with Crippen LogP contribution >= 0.6 is 0 Å². The van der Waals surface area contributed by atoms with Crippen LogP contribution in [-0.2, 0) is 0 Å². The molecule has 0 atom stereocenters. The zero-order valence-electron chi connectivity index (χ0n) is 16.3. The molecule has 0 unspecified atom stereocenters. The van der Waals surface area contributed by atoms with Crippen LogP contribution in [0.25, 0.3) is 11.3 Å². The highest BCUT2D eigenvalue weighted by Crippen LogP contribution is 2.36. The van der Waals surface area contributed by atoms with Gasteiger partial charge in [0.05, 0.1) is 18.0 Å². The number of aromatic amines is 1. The van der Waals surface area contributed by atoms with Gasteiger partial charge in [0.25, 0.3) is 0 Å². The Balaban J connectivity index is 1.61. The van der Waals surface area contributed by atoms with E-state index < -0.39 is 0 Å². The summed E-state index contributed by atoms with van der Waals surface area (Å²) in [7, 11) is 0. The number of hydrogen-bond acceptors (Lipinski definition) is 6. The van der Waals surface area contributed by atoms with E-state index in [1.807, 2.05) is 6.07 Å². The zero-order chi connectivity index (χ0) is 19.3. The lowest BCUT2D eigenvalue weighted by atomic mass is 9.89. The van der Waals surface area contributed by atoms with Gasteiger partial charge >= 0.3 is 0 Å². The number of piperidine rings is 1. The van der Waals surface area contributed by atoms with Crippen LogP contribution < -0.4 is 15.4 Å². The van der Waals surface area contributed by atoms with Gasteiger partial charge in [-0.25, -0.2) is 4.98 Å². The van der Waals surface area contributed by atoms with Gasteiger partial charge in [-0.05, 0) is 63.4 Å². The largest absolute Gasteiger partial charge is 0.490 e. The third-order valence-corrected chi connectivity index (χ3v) is 4.87. The molecule has 0 amide bonds. The van der Waals surface area contributed by atoms with Gasteiger partial charge in [0.2, 0.25) is 0 Å². The van der Waals surface area contributed by atoms with Crippen LogP contribution in [0.15, 0.2) is 42.9 Å². The number of nitrogens with zero attached hydrogens (tertiary/aromatic N) is 3. The molecular formula is C21H26N6O. The van der Waals surface area contributed by atoms with E-state index in [-0.39, 0.29) is 6.10 Å². The van der Waals surface area contributed by atoms with Crippen LogP contribution in [0.1, 0.15) is 38.2 Å².